The van der Waals surface area contributed by atoms with Gasteiger partial charge < -0.3 is 30.1 Å². The van der Waals surface area contributed by atoms with Gasteiger partial charge in [0.15, 0.2) is 6.10 Å². The van der Waals surface area contributed by atoms with Crippen LogP contribution in [0.2, 0.25) is 0 Å². The summed E-state index contributed by atoms with van der Waals surface area (Å²) in [5.41, 5.74) is 10.4. The Morgan fingerprint density at radius 2 is 2.05 bits per heavy atom. The number of amides is 2. The molecule has 12 heteroatoms. The summed E-state index contributed by atoms with van der Waals surface area (Å²) < 4.78 is 13.0. The molecule has 218 valence electrons. The lowest BCUT2D eigenvalue weighted by Gasteiger charge is -2.48. The molecule has 2 aromatic carbocycles. The Morgan fingerprint density at radius 1 is 1.24 bits per heavy atom. The molecule has 4 atom stereocenters. The quantitative estimate of drug-likeness (QED) is 0.209. The van der Waals surface area contributed by atoms with Crippen LogP contribution in [0.1, 0.15) is 42.9 Å². The van der Waals surface area contributed by atoms with Crippen LogP contribution in [0.4, 0.5) is 0 Å². The standard InChI is InChI=1S/C29H35BrN6O5/c30-20-7-8-25-21(14-20)23(15-29(41-25)9-4-10-29)32-16-24(37)22(13-19-5-2-1-3-6-19)34-28(39)26-18-36(11-12-40-26)27(38)17-33-35-31/h1-3,5-8,14,22-24,26,32,37H,4,9-13,15-18H2,(H,34,39)/t22-,23-,24+,26-/m0/s1. The van der Waals surface area contributed by atoms with Crippen molar-refractivity contribution >= 4 is 27.7 Å². The Labute approximate surface area is 247 Å². The van der Waals surface area contributed by atoms with Gasteiger partial charge in [-0.1, -0.05) is 51.4 Å². The summed E-state index contributed by atoms with van der Waals surface area (Å²) in [7, 11) is 0. The van der Waals surface area contributed by atoms with Crippen LogP contribution in [-0.2, 0) is 20.7 Å². The van der Waals surface area contributed by atoms with E-state index in [4.69, 9.17) is 15.0 Å². The van der Waals surface area contributed by atoms with Crippen LogP contribution in [-0.4, -0.2) is 78.5 Å². The van der Waals surface area contributed by atoms with Crippen LogP contribution in [0, 0.1) is 0 Å². The Hall–Kier alpha value is -3.15. The van der Waals surface area contributed by atoms with Crippen molar-refractivity contribution in [2.75, 3.05) is 32.8 Å². The van der Waals surface area contributed by atoms with E-state index in [2.05, 4.69) is 42.7 Å². The minimum absolute atomic E-state index is 0.00315. The predicted molar refractivity (Wildman–Crippen MR) is 155 cm³/mol. The molecule has 0 bridgehead atoms. The molecule has 0 unspecified atom stereocenters. The van der Waals surface area contributed by atoms with Crippen LogP contribution >= 0.6 is 15.9 Å². The van der Waals surface area contributed by atoms with Crippen LogP contribution in [0.25, 0.3) is 10.4 Å². The molecule has 1 aliphatic carbocycles. The first-order valence-electron chi connectivity index (χ1n) is 14.0. The molecule has 41 heavy (non-hydrogen) atoms. The Bertz CT molecular complexity index is 1290. The normalized spacial score (nSPS) is 22.3. The van der Waals surface area contributed by atoms with Crippen molar-refractivity contribution in [3.05, 3.63) is 74.6 Å². The number of hydrogen-bond donors (Lipinski definition) is 3. The van der Waals surface area contributed by atoms with Gasteiger partial charge in [0.25, 0.3) is 5.91 Å². The van der Waals surface area contributed by atoms with Gasteiger partial charge in [0.05, 0.1) is 25.3 Å². The van der Waals surface area contributed by atoms with Crippen molar-refractivity contribution in [1.82, 2.24) is 15.5 Å². The second-order valence-electron chi connectivity index (χ2n) is 10.9. The van der Waals surface area contributed by atoms with Gasteiger partial charge in [-0.15, -0.1) is 0 Å². The molecule has 1 saturated carbocycles. The minimum Gasteiger partial charge on any atom is -0.487 e. The third-order valence-electron chi connectivity index (χ3n) is 8.16. The highest BCUT2D eigenvalue weighted by Crippen LogP contribution is 2.49. The molecule has 3 aliphatic rings. The number of rotatable bonds is 10. The van der Waals surface area contributed by atoms with Crippen LogP contribution < -0.4 is 15.4 Å². The largest absolute Gasteiger partial charge is 0.487 e. The monoisotopic (exact) mass is 626 g/mol. The maximum atomic E-state index is 13.3. The number of aliphatic hydroxyl groups excluding tert-OH is 1. The SMILES string of the molecule is [N-]=[N+]=NCC(=O)N1CCO[C@H](C(=O)N[C@@H](Cc2ccccc2)[C@H](O)CN[C@H]2CC3(CCC3)Oc3ccc(Br)cc32)C1. The first kappa shape index (κ1) is 29.3. The summed E-state index contributed by atoms with van der Waals surface area (Å²) in [6.07, 6.45) is 2.61. The first-order chi connectivity index (χ1) is 19.9. The fraction of sp³-hybridized carbons (Fsp3) is 0.517. The highest BCUT2D eigenvalue weighted by Gasteiger charge is 2.45. The lowest BCUT2D eigenvalue weighted by molar-refractivity contribution is -0.147. The Balaban J connectivity index is 1.27. The minimum atomic E-state index is -0.902. The van der Waals surface area contributed by atoms with E-state index < -0.39 is 24.2 Å². The molecule has 3 N–H and O–H groups in total. The number of nitrogens with zero attached hydrogens (tertiary/aromatic N) is 4. The summed E-state index contributed by atoms with van der Waals surface area (Å²) in [4.78, 5) is 29.7. The molecule has 0 radical (unpaired) electrons. The molecule has 2 aromatic rings. The number of azide groups is 1. The number of benzene rings is 2. The van der Waals surface area contributed by atoms with E-state index in [0.717, 1.165) is 47.0 Å². The molecular weight excluding hydrogens is 592 g/mol. The molecule has 1 saturated heterocycles. The number of carbonyl (C=O) groups excluding carboxylic acids is 2. The molecule has 0 aromatic heterocycles. The van der Waals surface area contributed by atoms with Gasteiger partial charge in [-0.05, 0) is 55.0 Å². The van der Waals surface area contributed by atoms with E-state index in [1.165, 1.54) is 4.90 Å². The number of halogens is 1. The number of carbonyl (C=O) groups is 2. The van der Waals surface area contributed by atoms with E-state index in [1.807, 2.05) is 42.5 Å². The average Bonchev–Trinajstić information content (AvgIpc) is 2.97. The van der Waals surface area contributed by atoms with Crippen molar-refractivity contribution < 1.29 is 24.2 Å². The summed E-state index contributed by atoms with van der Waals surface area (Å²) in [6.45, 7) is 0.501. The lowest BCUT2D eigenvalue weighted by atomic mass is 9.73. The summed E-state index contributed by atoms with van der Waals surface area (Å²) >= 11 is 3.57. The molecule has 2 aliphatic heterocycles. The molecule has 2 amide bonds. The van der Waals surface area contributed by atoms with Crippen LogP contribution in [0.15, 0.2) is 58.1 Å². The summed E-state index contributed by atoms with van der Waals surface area (Å²) in [6, 6.07) is 15.1. The number of morpholine rings is 1. The molecule has 11 nitrogen and oxygen atoms in total. The highest BCUT2D eigenvalue weighted by molar-refractivity contribution is 9.10. The predicted octanol–water partition coefficient (Wildman–Crippen LogP) is 3.41. The first-order valence-corrected chi connectivity index (χ1v) is 14.8. The average molecular weight is 628 g/mol. The number of fused-ring (bicyclic) bond motifs is 1. The van der Waals surface area contributed by atoms with Crippen molar-refractivity contribution in [2.45, 2.75) is 62.0 Å². The summed E-state index contributed by atoms with van der Waals surface area (Å²) in [5.74, 6) is 0.107. The van der Waals surface area contributed by atoms with E-state index >= 15 is 0 Å². The van der Waals surface area contributed by atoms with Gasteiger partial charge in [-0.25, -0.2) is 0 Å². The van der Waals surface area contributed by atoms with Gasteiger partial charge in [-0.3, -0.25) is 9.59 Å². The maximum Gasteiger partial charge on any atom is 0.251 e. The van der Waals surface area contributed by atoms with E-state index in [1.54, 1.807) is 0 Å². The second-order valence-corrected chi connectivity index (χ2v) is 11.9. The number of hydrogen-bond acceptors (Lipinski definition) is 7. The van der Waals surface area contributed by atoms with E-state index in [0.29, 0.717) is 13.0 Å². The van der Waals surface area contributed by atoms with E-state index in [9.17, 15) is 14.7 Å². The van der Waals surface area contributed by atoms with Gasteiger partial charge in [0, 0.05) is 40.5 Å². The van der Waals surface area contributed by atoms with Gasteiger partial charge in [-0.2, -0.15) is 0 Å². The lowest BCUT2D eigenvalue weighted by Crippen LogP contribution is -2.57. The van der Waals surface area contributed by atoms with Crippen LogP contribution in [0.5, 0.6) is 5.75 Å². The van der Waals surface area contributed by atoms with Crippen LogP contribution in [0.3, 0.4) is 0 Å². The van der Waals surface area contributed by atoms with Crippen molar-refractivity contribution in [3.63, 3.8) is 0 Å². The third kappa shape index (κ3) is 7.20. The fourth-order valence-corrected chi connectivity index (χ4v) is 6.14. The zero-order valence-corrected chi connectivity index (χ0v) is 24.3. The highest BCUT2D eigenvalue weighted by atomic mass is 79.9. The molecule has 2 heterocycles. The van der Waals surface area contributed by atoms with Gasteiger partial charge in [0.1, 0.15) is 17.9 Å². The van der Waals surface area contributed by atoms with Crippen molar-refractivity contribution in [2.24, 2.45) is 5.11 Å². The molecule has 5 rings (SSSR count). The fourth-order valence-electron chi connectivity index (χ4n) is 5.76. The number of aliphatic hydroxyl groups is 1. The van der Waals surface area contributed by atoms with E-state index in [-0.39, 0.29) is 43.8 Å². The molecular formula is C29H35BrN6O5. The van der Waals surface area contributed by atoms with Gasteiger partial charge in [0.2, 0.25) is 5.91 Å². The number of ether oxygens (including phenoxy) is 2. The zero-order valence-electron chi connectivity index (χ0n) is 22.7. The smallest absolute Gasteiger partial charge is 0.251 e. The number of nitrogens with one attached hydrogen (secondary N) is 2. The Morgan fingerprint density at radius 3 is 2.78 bits per heavy atom. The molecule has 1 spiro atoms. The second kappa shape index (κ2) is 13.2. The third-order valence-corrected chi connectivity index (χ3v) is 8.65. The van der Waals surface area contributed by atoms with Crippen molar-refractivity contribution in [3.8, 4) is 5.75 Å². The topological polar surface area (TPSA) is 149 Å². The Kier molecular flexibility index (Phi) is 9.46. The summed E-state index contributed by atoms with van der Waals surface area (Å²) in [5, 5.41) is 21.3. The molecule has 2 fully saturated rings. The maximum absolute atomic E-state index is 13.3. The zero-order chi connectivity index (χ0) is 28.8. The van der Waals surface area contributed by atoms with Crippen molar-refractivity contribution in [1.29, 1.82) is 0 Å². The van der Waals surface area contributed by atoms with Gasteiger partial charge >= 0.3 is 0 Å².